The summed E-state index contributed by atoms with van der Waals surface area (Å²) < 4.78 is 0. The van der Waals surface area contributed by atoms with Crippen molar-refractivity contribution in [2.45, 2.75) is 24.8 Å². The molecule has 1 amide bonds. The number of carbonyl (C=O) groups excluding carboxylic acids is 1. The van der Waals surface area contributed by atoms with E-state index in [-0.39, 0.29) is 11.4 Å². The third kappa shape index (κ3) is 3.12. The number of hydrogen-bond donors (Lipinski definition) is 1. The predicted molar refractivity (Wildman–Crippen MR) is 98.3 cm³/mol. The van der Waals surface area contributed by atoms with Crippen LogP contribution in [0.5, 0.6) is 0 Å². The number of para-hydroxylation sites is 1. The second-order valence-electron chi connectivity index (χ2n) is 6.91. The zero-order chi connectivity index (χ0) is 17.1. The van der Waals surface area contributed by atoms with Gasteiger partial charge in [-0.1, -0.05) is 24.3 Å². The summed E-state index contributed by atoms with van der Waals surface area (Å²) in [5.74, 6) is 0.184. The number of pyridine rings is 1. The van der Waals surface area contributed by atoms with E-state index in [0.717, 1.165) is 44.6 Å². The molecule has 130 valence electrons. The van der Waals surface area contributed by atoms with E-state index in [1.165, 1.54) is 5.56 Å². The number of carbonyl (C=O) groups is 1. The van der Waals surface area contributed by atoms with Crippen molar-refractivity contribution in [1.82, 2.24) is 15.2 Å². The van der Waals surface area contributed by atoms with Crippen molar-refractivity contribution in [1.29, 1.82) is 0 Å². The number of rotatable bonds is 4. The summed E-state index contributed by atoms with van der Waals surface area (Å²) >= 11 is 0. The first-order chi connectivity index (χ1) is 12.3. The summed E-state index contributed by atoms with van der Waals surface area (Å²) in [7, 11) is 0. The van der Waals surface area contributed by atoms with Crippen LogP contribution in [0.1, 0.15) is 18.4 Å². The standard InChI is InChI=1S/C20H24N4O/c25-19-20(24(16-22-19)18-6-2-1-3-7-18)9-13-23(14-10-20)12-8-17-5-4-11-21-15-17/h1-7,11,15H,8-10,12-14,16H2,(H,22,25). The fraction of sp³-hybridized carbons (Fsp3) is 0.400. The molecule has 4 rings (SSSR count). The maximum Gasteiger partial charge on any atom is 0.247 e. The SMILES string of the molecule is O=C1NCN(c2ccccc2)C12CCN(CCc1cccnc1)CC2. The molecule has 1 aromatic heterocycles. The van der Waals surface area contributed by atoms with Crippen LogP contribution in [0.2, 0.25) is 0 Å². The smallest absolute Gasteiger partial charge is 0.247 e. The molecule has 0 aliphatic carbocycles. The Morgan fingerprint density at radius 1 is 1.08 bits per heavy atom. The van der Waals surface area contributed by atoms with E-state index in [1.54, 1.807) is 0 Å². The van der Waals surface area contributed by atoms with Crippen LogP contribution in [0.3, 0.4) is 0 Å². The second kappa shape index (κ2) is 6.84. The lowest BCUT2D eigenvalue weighted by Gasteiger charge is -2.43. The molecular formula is C20H24N4O. The molecule has 3 heterocycles. The molecule has 1 aromatic carbocycles. The number of amides is 1. The number of piperidine rings is 1. The normalized spacial score (nSPS) is 20.0. The average Bonchev–Trinajstić information content (AvgIpc) is 2.99. The second-order valence-corrected chi connectivity index (χ2v) is 6.91. The quantitative estimate of drug-likeness (QED) is 0.928. The lowest BCUT2D eigenvalue weighted by atomic mass is 9.85. The topological polar surface area (TPSA) is 48.5 Å². The van der Waals surface area contributed by atoms with E-state index in [2.05, 4.69) is 38.3 Å². The highest BCUT2D eigenvalue weighted by atomic mass is 16.2. The van der Waals surface area contributed by atoms with Gasteiger partial charge < -0.3 is 15.1 Å². The number of anilines is 1. The lowest BCUT2D eigenvalue weighted by Crippen LogP contribution is -2.56. The van der Waals surface area contributed by atoms with Gasteiger partial charge in [0.15, 0.2) is 0 Å². The third-order valence-corrected chi connectivity index (χ3v) is 5.53. The van der Waals surface area contributed by atoms with E-state index in [1.807, 2.05) is 36.7 Å². The van der Waals surface area contributed by atoms with Crippen molar-refractivity contribution in [3.63, 3.8) is 0 Å². The van der Waals surface area contributed by atoms with Gasteiger partial charge in [-0.3, -0.25) is 9.78 Å². The molecule has 25 heavy (non-hydrogen) atoms. The van der Waals surface area contributed by atoms with Crippen LogP contribution in [-0.4, -0.2) is 47.6 Å². The van der Waals surface area contributed by atoms with Crippen LogP contribution in [0.25, 0.3) is 0 Å². The zero-order valence-electron chi connectivity index (χ0n) is 14.4. The largest absolute Gasteiger partial charge is 0.339 e. The monoisotopic (exact) mass is 336 g/mol. The highest BCUT2D eigenvalue weighted by Crippen LogP contribution is 2.36. The molecule has 5 heteroatoms. The summed E-state index contributed by atoms with van der Waals surface area (Å²) in [6.45, 7) is 3.54. The number of hydrogen-bond acceptors (Lipinski definition) is 4. The molecule has 2 saturated heterocycles. The van der Waals surface area contributed by atoms with Crippen molar-refractivity contribution in [3.05, 3.63) is 60.4 Å². The Balaban J connectivity index is 1.41. The van der Waals surface area contributed by atoms with E-state index >= 15 is 0 Å². The molecular weight excluding hydrogens is 312 g/mol. The summed E-state index contributed by atoms with van der Waals surface area (Å²) in [5, 5.41) is 3.06. The molecule has 0 atom stereocenters. The highest BCUT2D eigenvalue weighted by molar-refractivity contribution is 5.93. The molecule has 2 fully saturated rings. The van der Waals surface area contributed by atoms with Crippen LogP contribution in [0.15, 0.2) is 54.9 Å². The minimum Gasteiger partial charge on any atom is -0.339 e. The van der Waals surface area contributed by atoms with E-state index in [0.29, 0.717) is 6.67 Å². The van der Waals surface area contributed by atoms with Gasteiger partial charge in [-0.25, -0.2) is 0 Å². The Morgan fingerprint density at radius 3 is 2.60 bits per heavy atom. The molecule has 2 aromatic rings. The van der Waals surface area contributed by atoms with Crippen molar-refractivity contribution in [2.24, 2.45) is 0 Å². The van der Waals surface area contributed by atoms with Gasteiger partial charge in [-0.2, -0.15) is 0 Å². The maximum atomic E-state index is 12.6. The van der Waals surface area contributed by atoms with Gasteiger partial charge in [0, 0.05) is 37.7 Å². The van der Waals surface area contributed by atoms with Crippen LogP contribution >= 0.6 is 0 Å². The van der Waals surface area contributed by atoms with Crippen LogP contribution in [0.4, 0.5) is 5.69 Å². The van der Waals surface area contributed by atoms with Crippen molar-refractivity contribution in [2.75, 3.05) is 31.2 Å². The summed E-state index contributed by atoms with van der Waals surface area (Å²) in [6.07, 6.45) is 6.51. The first-order valence-electron chi connectivity index (χ1n) is 9.00. The Labute approximate surface area is 148 Å². The fourth-order valence-corrected chi connectivity index (χ4v) is 4.01. The number of likely N-dealkylation sites (tertiary alicyclic amines) is 1. The van der Waals surface area contributed by atoms with Gasteiger partial charge in [0.1, 0.15) is 5.54 Å². The minimum absolute atomic E-state index is 0.184. The Hall–Kier alpha value is -2.40. The van der Waals surface area contributed by atoms with E-state index < -0.39 is 0 Å². The fourth-order valence-electron chi connectivity index (χ4n) is 4.01. The molecule has 1 N–H and O–H groups in total. The molecule has 2 aliphatic heterocycles. The minimum atomic E-state index is -0.383. The summed E-state index contributed by atoms with van der Waals surface area (Å²) in [5.41, 5.74) is 2.02. The lowest BCUT2D eigenvalue weighted by molar-refractivity contribution is -0.125. The summed E-state index contributed by atoms with van der Waals surface area (Å²) in [6, 6.07) is 14.4. The molecule has 5 nitrogen and oxygen atoms in total. The van der Waals surface area contributed by atoms with Crippen LogP contribution < -0.4 is 10.2 Å². The summed E-state index contributed by atoms with van der Waals surface area (Å²) in [4.78, 5) is 21.5. The van der Waals surface area contributed by atoms with Crippen molar-refractivity contribution < 1.29 is 4.79 Å². The van der Waals surface area contributed by atoms with Crippen LogP contribution in [0, 0.1) is 0 Å². The van der Waals surface area contributed by atoms with Crippen molar-refractivity contribution in [3.8, 4) is 0 Å². The van der Waals surface area contributed by atoms with E-state index in [9.17, 15) is 4.79 Å². The van der Waals surface area contributed by atoms with Gasteiger partial charge in [0.2, 0.25) is 5.91 Å². The zero-order valence-corrected chi connectivity index (χ0v) is 14.4. The highest BCUT2D eigenvalue weighted by Gasteiger charge is 2.50. The molecule has 0 bridgehead atoms. The van der Waals surface area contributed by atoms with Gasteiger partial charge in [0.25, 0.3) is 0 Å². The molecule has 2 aliphatic rings. The number of nitrogens with zero attached hydrogens (tertiary/aromatic N) is 3. The molecule has 0 radical (unpaired) electrons. The predicted octanol–water partition coefficient (Wildman–Crippen LogP) is 2.05. The average molecular weight is 336 g/mol. The van der Waals surface area contributed by atoms with Gasteiger partial charge in [-0.05, 0) is 43.0 Å². The van der Waals surface area contributed by atoms with Gasteiger partial charge in [-0.15, -0.1) is 0 Å². The maximum absolute atomic E-state index is 12.6. The molecule has 0 saturated carbocycles. The Morgan fingerprint density at radius 2 is 1.88 bits per heavy atom. The third-order valence-electron chi connectivity index (χ3n) is 5.53. The van der Waals surface area contributed by atoms with Gasteiger partial charge >= 0.3 is 0 Å². The first-order valence-corrected chi connectivity index (χ1v) is 9.00. The van der Waals surface area contributed by atoms with Gasteiger partial charge in [0.05, 0.1) is 6.67 Å². The Kier molecular flexibility index (Phi) is 4.40. The molecule has 1 spiro atoms. The van der Waals surface area contributed by atoms with Crippen molar-refractivity contribution >= 4 is 11.6 Å². The number of benzene rings is 1. The first kappa shape index (κ1) is 16.1. The van der Waals surface area contributed by atoms with Crippen LogP contribution in [-0.2, 0) is 11.2 Å². The van der Waals surface area contributed by atoms with E-state index in [4.69, 9.17) is 0 Å². The number of nitrogens with one attached hydrogen (secondary N) is 1. The Bertz CT molecular complexity index is 711. The molecule has 0 unspecified atom stereocenters. The number of aromatic nitrogens is 1.